The molecule has 0 aliphatic rings. The van der Waals surface area contributed by atoms with Gasteiger partial charge in [0.05, 0.1) is 18.7 Å². The molecule has 96 valence electrons. The molecule has 0 radical (unpaired) electrons. The van der Waals surface area contributed by atoms with Gasteiger partial charge in [-0.15, -0.1) is 0 Å². The lowest BCUT2D eigenvalue weighted by atomic mass is 10.1. The van der Waals surface area contributed by atoms with Crippen LogP contribution in [0.3, 0.4) is 0 Å². The van der Waals surface area contributed by atoms with Crippen molar-refractivity contribution >= 4 is 17.3 Å². The molecule has 1 N–H and O–H groups in total. The second kappa shape index (κ2) is 6.12. The van der Waals surface area contributed by atoms with Crippen molar-refractivity contribution in [2.24, 2.45) is 0 Å². The van der Waals surface area contributed by atoms with Gasteiger partial charge in [0.1, 0.15) is 5.75 Å². The van der Waals surface area contributed by atoms with Gasteiger partial charge in [-0.05, 0) is 29.8 Å². The summed E-state index contributed by atoms with van der Waals surface area (Å²) in [6.07, 6.45) is 0. The highest BCUT2D eigenvalue weighted by atomic mass is 35.5. The summed E-state index contributed by atoms with van der Waals surface area (Å²) in [5.74, 6) is 0.802. The van der Waals surface area contributed by atoms with Crippen LogP contribution in [0.25, 0.3) is 0 Å². The highest BCUT2D eigenvalue weighted by Gasteiger charge is 2.02. The van der Waals surface area contributed by atoms with E-state index in [1.54, 1.807) is 19.2 Å². The van der Waals surface area contributed by atoms with Gasteiger partial charge in [0.2, 0.25) is 0 Å². The van der Waals surface area contributed by atoms with Crippen LogP contribution in [0.15, 0.2) is 42.5 Å². The molecular weight excluding hydrogens is 260 g/mol. The van der Waals surface area contributed by atoms with E-state index in [1.165, 1.54) is 0 Å². The van der Waals surface area contributed by atoms with Crippen molar-refractivity contribution in [3.8, 4) is 11.8 Å². The maximum absolute atomic E-state index is 8.78. The number of rotatable bonds is 4. The maximum atomic E-state index is 8.78. The van der Waals surface area contributed by atoms with Crippen LogP contribution in [0.5, 0.6) is 5.75 Å². The first kappa shape index (κ1) is 13.3. The molecule has 0 aliphatic heterocycles. The molecule has 2 aromatic rings. The summed E-state index contributed by atoms with van der Waals surface area (Å²) in [6.45, 7) is 0.595. The van der Waals surface area contributed by atoms with Crippen LogP contribution in [0.2, 0.25) is 5.02 Å². The first-order valence-corrected chi connectivity index (χ1v) is 6.17. The van der Waals surface area contributed by atoms with E-state index in [9.17, 15) is 0 Å². The van der Waals surface area contributed by atoms with Crippen LogP contribution in [0.4, 0.5) is 5.69 Å². The molecule has 0 saturated heterocycles. The number of ether oxygens (including phenoxy) is 1. The van der Waals surface area contributed by atoms with Gasteiger partial charge in [0, 0.05) is 23.3 Å². The topological polar surface area (TPSA) is 45.0 Å². The molecule has 0 spiro atoms. The molecule has 0 saturated carbocycles. The van der Waals surface area contributed by atoms with Crippen LogP contribution in [0, 0.1) is 11.3 Å². The van der Waals surface area contributed by atoms with Gasteiger partial charge < -0.3 is 10.1 Å². The van der Waals surface area contributed by atoms with Gasteiger partial charge in [0.25, 0.3) is 0 Å². The lowest BCUT2D eigenvalue weighted by molar-refractivity contribution is 0.415. The zero-order chi connectivity index (χ0) is 13.7. The highest BCUT2D eigenvalue weighted by molar-refractivity contribution is 6.31. The van der Waals surface area contributed by atoms with Crippen molar-refractivity contribution < 1.29 is 4.74 Å². The SMILES string of the molecule is COc1cccc(NCc2ccc(C#N)cc2Cl)c1. The highest BCUT2D eigenvalue weighted by Crippen LogP contribution is 2.21. The number of nitriles is 1. The van der Waals surface area contributed by atoms with E-state index < -0.39 is 0 Å². The number of halogens is 1. The number of hydrogen-bond donors (Lipinski definition) is 1. The third kappa shape index (κ3) is 3.40. The van der Waals surface area contributed by atoms with Gasteiger partial charge in [-0.1, -0.05) is 23.7 Å². The van der Waals surface area contributed by atoms with E-state index >= 15 is 0 Å². The largest absolute Gasteiger partial charge is 0.497 e. The summed E-state index contributed by atoms with van der Waals surface area (Å²) in [7, 11) is 1.64. The molecular formula is C15H13ClN2O. The standard InChI is InChI=1S/C15H13ClN2O/c1-19-14-4-2-3-13(8-14)18-10-12-6-5-11(9-17)7-15(12)16/h2-8,18H,10H2,1H3. The van der Waals surface area contributed by atoms with Crippen LogP contribution >= 0.6 is 11.6 Å². The predicted octanol–water partition coefficient (Wildman–Crippen LogP) is 3.83. The van der Waals surface area contributed by atoms with Gasteiger partial charge in [-0.25, -0.2) is 0 Å². The van der Waals surface area contributed by atoms with Crippen molar-refractivity contribution in [3.63, 3.8) is 0 Å². The Bertz CT molecular complexity index is 620. The van der Waals surface area contributed by atoms with E-state index in [4.69, 9.17) is 21.6 Å². The van der Waals surface area contributed by atoms with Gasteiger partial charge in [-0.2, -0.15) is 5.26 Å². The molecule has 2 aromatic carbocycles. The summed E-state index contributed by atoms with van der Waals surface area (Å²) in [5.41, 5.74) is 2.47. The molecule has 0 fully saturated rings. The molecule has 0 amide bonds. The molecule has 0 atom stereocenters. The Morgan fingerprint density at radius 1 is 1.26 bits per heavy atom. The predicted molar refractivity (Wildman–Crippen MR) is 76.5 cm³/mol. The van der Waals surface area contributed by atoms with Crippen LogP contribution in [0.1, 0.15) is 11.1 Å². The minimum absolute atomic E-state index is 0.565. The number of anilines is 1. The fourth-order valence-electron chi connectivity index (χ4n) is 1.69. The first-order chi connectivity index (χ1) is 9.22. The lowest BCUT2D eigenvalue weighted by Gasteiger charge is -2.09. The van der Waals surface area contributed by atoms with Crippen LogP contribution < -0.4 is 10.1 Å². The number of benzene rings is 2. The Morgan fingerprint density at radius 3 is 2.79 bits per heavy atom. The van der Waals surface area contributed by atoms with Gasteiger partial charge >= 0.3 is 0 Å². The molecule has 0 heterocycles. The van der Waals surface area contributed by atoms with Gasteiger partial charge in [0.15, 0.2) is 0 Å². The van der Waals surface area contributed by atoms with E-state index in [-0.39, 0.29) is 0 Å². The van der Waals surface area contributed by atoms with Crippen molar-refractivity contribution in [3.05, 3.63) is 58.6 Å². The van der Waals surface area contributed by atoms with Crippen LogP contribution in [-0.4, -0.2) is 7.11 Å². The van der Waals surface area contributed by atoms with E-state index in [0.29, 0.717) is 17.1 Å². The Kier molecular flexibility index (Phi) is 4.27. The van der Waals surface area contributed by atoms with Crippen molar-refractivity contribution in [2.45, 2.75) is 6.54 Å². The van der Waals surface area contributed by atoms with Crippen molar-refractivity contribution in [1.29, 1.82) is 5.26 Å². The third-order valence-corrected chi connectivity index (χ3v) is 3.09. The second-order valence-corrected chi connectivity index (χ2v) is 4.41. The molecule has 3 nitrogen and oxygen atoms in total. The first-order valence-electron chi connectivity index (χ1n) is 5.79. The number of nitrogens with zero attached hydrogens (tertiary/aromatic N) is 1. The Morgan fingerprint density at radius 2 is 2.11 bits per heavy atom. The fraction of sp³-hybridized carbons (Fsp3) is 0.133. The molecule has 0 unspecified atom stereocenters. The van der Waals surface area contributed by atoms with Crippen molar-refractivity contribution in [2.75, 3.05) is 12.4 Å². The summed E-state index contributed by atoms with van der Waals surface area (Å²) in [5, 5.41) is 12.6. The van der Waals surface area contributed by atoms with E-state index in [2.05, 4.69) is 11.4 Å². The van der Waals surface area contributed by atoms with Gasteiger partial charge in [-0.3, -0.25) is 0 Å². The monoisotopic (exact) mass is 272 g/mol. The minimum Gasteiger partial charge on any atom is -0.497 e. The Hall–Kier alpha value is -2.18. The third-order valence-electron chi connectivity index (χ3n) is 2.73. The zero-order valence-electron chi connectivity index (χ0n) is 10.5. The molecule has 4 heteroatoms. The molecule has 19 heavy (non-hydrogen) atoms. The zero-order valence-corrected chi connectivity index (χ0v) is 11.2. The Balaban J connectivity index is 2.08. The summed E-state index contributed by atoms with van der Waals surface area (Å²) < 4.78 is 5.16. The smallest absolute Gasteiger partial charge is 0.120 e. The molecule has 0 aromatic heterocycles. The van der Waals surface area contributed by atoms with E-state index in [0.717, 1.165) is 17.0 Å². The average Bonchev–Trinajstić information content (AvgIpc) is 2.46. The van der Waals surface area contributed by atoms with Crippen LogP contribution in [-0.2, 0) is 6.54 Å². The van der Waals surface area contributed by atoms with E-state index in [1.807, 2.05) is 30.3 Å². The second-order valence-electron chi connectivity index (χ2n) is 4.00. The lowest BCUT2D eigenvalue weighted by Crippen LogP contribution is -2.00. The molecule has 0 bridgehead atoms. The summed E-state index contributed by atoms with van der Waals surface area (Å²) in [4.78, 5) is 0. The maximum Gasteiger partial charge on any atom is 0.120 e. The summed E-state index contributed by atoms with van der Waals surface area (Å²) in [6, 6.07) is 15.0. The van der Waals surface area contributed by atoms with Crippen molar-refractivity contribution in [1.82, 2.24) is 0 Å². The fourth-order valence-corrected chi connectivity index (χ4v) is 1.94. The molecule has 2 rings (SSSR count). The summed E-state index contributed by atoms with van der Waals surface area (Å²) >= 11 is 6.12. The number of hydrogen-bond acceptors (Lipinski definition) is 3. The average molecular weight is 273 g/mol. The Labute approximate surface area is 117 Å². The minimum atomic E-state index is 0.565. The quantitative estimate of drug-likeness (QED) is 0.920. The normalized spacial score (nSPS) is 9.74. The number of methoxy groups -OCH3 is 1. The number of nitrogens with one attached hydrogen (secondary N) is 1. The molecule has 0 aliphatic carbocycles.